The zero-order valence-electron chi connectivity index (χ0n) is 13.7. The number of rotatable bonds is 8. The van der Waals surface area contributed by atoms with Crippen molar-refractivity contribution in [2.45, 2.75) is 46.0 Å². The molecule has 2 aromatic rings. The molecule has 0 amide bonds. The Morgan fingerprint density at radius 1 is 0.818 bits per heavy atom. The van der Waals surface area contributed by atoms with Crippen LogP contribution < -0.4 is 4.74 Å². The zero-order chi connectivity index (χ0) is 15.6. The molecular weight excluding hydrogens is 268 g/mol. The molecule has 0 N–H and O–H groups in total. The first-order valence-corrected chi connectivity index (χ1v) is 8.35. The van der Waals surface area contributed by atoms with Crippen LogP contribution in [0.2, 0.25) is 0 Å². The number of hydrogen-bond donors (Lipinski definition) is 0. The lowest BCUT2D eigenvalue weighted by Gasteiger charge is -2.07. The maximum absolute atomic E-state index is 5.89. The van der Waals surface area contributed by atoms with Crippen LogP contribution in [0.3, 0.4) is 0 Å². The van der Waals surface area contributed by atoms with Gasteiger partial charge in [-0.15, -0.1) is 0 Å². The average molecular weight is 294 g/mol. The van der Waals surface area contributed by atoms with Crippen molar-refractivity contribution in [1.29, 1.82) is 0 Å². The molecule has 116 valence electrons. The van der Waals surface area contributed by atoms with E-state index in [4.69, 9.17) is 4.74 Å². The highest BCUT2D eigenvalue weighted by atomic mass is 16.5. The van der Waals surface area contributed by atoms with E-state index in [9.17, 15) is 0 Å². The summed E-state index contributed by atoms with van der Waals surface area (Å²) < 4.78 is 5.89. The number of ether oxygens (including phenoxy) is 1. The van der Waals surface area contributed by atoms with Crippen LogP contribution in [0.1, 0.15) is 50.7 Å². The Bertz CT molecular complexity index is 564. The van der Waals surface area contributed by atoms with Crippen LogP contribution >= 0.6 is 0 Å². The normalized spacial score (nSPS) is 11.0. The molecule has 0 unspecified atom stereocenters. The predicted octanol–water partition coefficient (Wildman–Crippen LogP) is 6.63. The Kier molecular flexibility index (Phi) is 6.76. The van der Waals surface area contributed by atoms with E-state index < -0.39 is 0 Å². The molecule has 22 heavy (non-hydrogen) atoms. The Hall–Kier alpha value is -2.02. The number of benzene rings is 2. The molecule has 0 saturated heterocycles. The van der Waals surface area contributed by atoms with Gasteiger partial charge in [-0.25, -0.2) is 0 Å². The second-order valence-corrected chi connectivity index (χ2v) is 5.61. The standard InChI is InChI=1S/C21H26O/c1-3-5-6-7-9-19-12-16-21(17-13-19)22-20-14-10-18(8-4-2)11-15-20/h7,9-17H,3-6,8H2,1-2H3. The van der Waals surface area contributed by atoms with Gasteiger partial charge in [0.05, 0.1) is 0 Å². The predicted molar refractivity (Wildman–Crippen MR) is 95.5 cm³/mol. The van der Waals surface area contributed by atoms with Gasteiger partial charge < -0.3 is 4.74 Å². The number of aryl methyl sites for hydroxylation is 1. The van der Waals surface area contributed by atoms with Crippen molar-refractivity contribution in [3.8, 4) is 11.5 Å². The summed E-state index contributed by atoms with van der Waals surface area (Å²) in [5, 5.41) is 0. The van der Waals surface area contributed by atoms with Crippen LogP contribution in [0.25, 0.3) is 6.08 Å². The highest BCUT2D eigenvalue weighted by Gasteiger charge is 1.98. The lowest BCUT2D eigenvalue weighted by atomic mass is 10.1. The summed E-state index contributed by atoms with van der Waals surface area (Å²) in [7, 11) is 0. The summed E-state index contributed by atoms with van der Waals surface area (Å²) in [6.07, 6.45) is 10.4. The lowest BCUT2D eigenvalue weighted by Crippen LogP contribution is -1.86. The molecule has 0 heterocycles. The van der Waals surface area contributed by atoms with E-state index >= 15 is 0 Å². The minimum Gasteiger partial charge on any atom is -0.457 e. The molecule has 0 radical (unpaired) electrons. The Labute approximate surface area is 134 Å². The van der Waals surface area contributed by atoms with Crippen molar-refractivity contribution in [2.75, 3.05) is 0 Å². The van der Waals surface area contributed by atoms with E-state index in [0.29, 0.717) is 0 Å². The van der Waals surface area contributed by atoms with Gasteiger partial charge in [0, 0.05) is 0 Å². The summed E-state index contributed by atoms with van der Waals surface area (Å²) in [6, 6.07) is 16.6. The molecule has 2 aromatic carbocycles. The quantitative estimate of drug-likeness (QED) is 0.496. The maximum Gasteiger partial charge on any atom is 0.127 e. The molecular formula is C21H26O. The van der Waals surface area contributed by atoms with Crippen molar-refractivity contribution in [2.24, 2.45) is 0 Å². The Morgan fingerprint density at radius 3 is 2.05 bits per heavy atom. The monoisotopic (exact) mass is 294 g/mol. The van der Waals surface area contributed by atoms with Crippen molar-refractivity contribution in [3.63, 3.8) is 0 Å². The third-order valence-electron chi connectivity index (χ3n) is 3.61. The van der Waals surface area contributed by atoms with Gasteiger partial charge in [-0.1, -0.05) is 69.5 Å². The van der Waals surface area contributed by atoms with Crippen LogP contribution in [0.5, 0.6) is 11.5 Å². The molecule has 0 bridgehead atoms. The number of unbranched alkanes of at least 4 members (excludes halogenated alkanes) is 2. The van der Waals surface area contributed by atoms with Crippen molar-refractivity contribution in [3.05, 3.63) is 65.7 Å². The van der Waals surface area contributed by atoms with Gasteiger partial charge in [0.2, 0.25) is 0 Å². The summed E-state index contributed by atoms with van der Waals surface area (Å²) in [6.45, 7) is 4.41. The minimum atomic E-state index is 0.883. The van der Waals surface area contributed by atoms with Gasteiger partial charge in [-0.2, -0.15) is 0 Å². The van der Waals surface area contributed by atoms with Gasteiger partial charge in [-0.05, 0) is 48.2 Å². The Balaban J connectivity index is 1.91. The van der Waals surface area contributed by atoms with Crippen LogP contribution in [0.4, 0.5) is 0 Å². The molecule has 1 heteroatoms. The first-order chi connectivity index (χ1) is 10.8. The van der Waals surface area contributed by atoms with Crippen molar-refractivity contribution in [1.82, 2.24) is 0 Å². The van der Waals surface area contributed by atoms with E-state index in [1.165, 1.54) is 30.4 Å². The number of allylic oxidation sites excluding steroid dienone is 1. The van der Waals surface area contributed by atoms with E-state index in [2.05, 4.69) is 50.3 Å². The summed E-state index contributed by atoms with van der Waals surface area (Å²) >= 11 is 0. The largest absolute Gasteiger partial charge is 0.457 e. The molecule has 0 saturated carbocycles. The maximum atomic E-state index is 5.89. The van der Waals surface area contributed by atoms with E-state index in [1.54, 1.807) is 0 Å². The minimum absolute atomic E-state index is 0.883. The first-order valence-electron chi connectivity index (χ1n) is 8.35. The van der Waals surface area contributed by atoms with E-state index in [-0.39, 0.29) is 0 Å². The van der Waals surface area contributed by atoms with Crippen molar-refractivity contribution < 1.29 is 4.74 Å². The summed E-state index contributed by atoms with van der Waals surface area (Å²) in [5.41, 5.74) is 2.59. The third kappa shape index (κ3) is 5.40. The molecule has 1 nitrogen and oxygen atoms in total. The first kappa shape index (κ1) is 16.4. The molecule has 0 aliphatic rings. The van der Waals surface area contributed by atoms with Gasteiger partial charge >= 0.3 is 0 Å². The topological polar surface area (TPSA) is 9.23 Å². The highest BCUT2D eigenvalue weighted by Crippen LogP contribution is 2.22. The molecule has 0 aliphatic heterocycles. The summed E-state index contributed by atoms with van der Waals surface area (Å²) in [5.74, 6) is 1.78. The molecule has 0 spiro atoms. The fourth-order valence-electron chi connectivity index (χ4n) is 2.34. The van der Waals surface area contributed by atoms with Gasteiger partial charge in [0.1, 0.15) is 11.5 Å². The van der Waals surface area contributed by atoms with Crippen LogP contribution in [0, 0.1) is 0 Å². The van der Waals surface area contributed by atoms with E-state index in [1.807, 2.05) is 24.3 Å². The average Bonchev–Trinajstić information content (AvgIpc) is 2.55. The fraction of sp³-hybridized carbons (Fsp3) is 0.333. The molecule has 0 aromatic heterocycles. The van der Waals surface area contributed by atoms with E-state index in [0.717, 1.165) is 24.3 Å². The smallest absolute Gasteiger partial charge is 0.127 e. The van der Waals surface area contributed by atoms with Crippen LogP contribution in [-0.4, -0.2) is 0 Å². The van der Waals surface area contributed by atoms with Crippen LogP contribution in [0.15, 0.2) is 54.6 Å². The summed E-state index contributed by atoms with van der Waals surface area (Å²) in [4.78, 5) is 0. The van der Waals surface area contributed by atoms with Gasteiger partial charge in [-0.3, -0.25) is 0 Å². The second kappa shape index (κ2) is 9.09. The van der Waals surface area contributed by atoms with Gasteiger partial charge in [0.25, 0.3) is 0 Å². The number of hydrogen-bond acceptors (Lipinski definition) is 1. The van der Waals surface area contributed by atoms with Gasteiger partial charge in [0.15, 0.2) is 0 Å². The molecule has 0 fully saturated rings. The Morgan fingerprint density at radius 2 is 1.45 bits per heavy atom. The highest BCUT2D eigenvalue weighted by molar-refractivity contribution is 5.50. The fourth-order valence-corrected chi connectivity index (χ4v) is 2.34. The molecule has 0 aliphatic carbocycles. The SMILES string of the molecule is CCCCC=Cc1ccc(Oc2ccc(CCC)cc2)cc1. The molecule has 0 atom stereocenters. The van der Waals surface area contributed by atoms with Crippen LogP contribution in [-0.2, 0) is 6.42 Å². The molecule has 2 rings (SSSR count). The zero-order valence-corrected chi connectivity index (χ0v) is 13.7. The third-order valence-corrected chi connectivity index (χ3v) is 3.61. The van der Waals surface area contributed by atoms with Crippen molar-refractivity contribution >= 4 is 6.08 Å². The lowest BCUT2D eigenvalue weighted by molar-refractivity contribution is 0.482. The second-order valence-electron chi connectivity index (χ2n) is 5.61.